The molecule has 2 aromatic carbocycles. The average molecular weight is 399 g/mol. The van der Waals surface area contributed by atoms with Gasteiger partial charge in [-0.15, -0.1) is 0 Å². The number of rotatable bonds is 10. The summed E-state index contributed by atoms with van der Waals surface area (Å²) in [6.07, 6.45) is 3.28. The summed E-state index contributed by atoms with van der Waals surface area (Å²) in [6, 6.07) is 13.5. The number of hydrogen-bond acceptors (Lipinski definition) is 5. The first kappa shape index (κ1) is 22.3. The second kappa shape index (κ2) is 11.1. The van der Waals surface area contributed by atoms with E-state index in [4.69, 9.17) is 14.2 Å². The van der Waals surface area contributed by atoms with Gasteiger partial charge in [-0.05, 0) is 62.5 Å². The largest absolute Gasteiger partial charge is 0.497 e. The van der Waals surface area contributed by atoms with Crippen molar-refractivity contribution in [1.82, 2.24) is 10.2 Å². The summed E-state index contributed by atoms with van der Waals surface area (Å²) in [4.78, 5) is 14.4. The highest BCUT2D eigenvalue weighted by molar-refractivity contribution is 5.91. The Labute approximate surface area is 173 Å². The molecule has 0 saturated carbocycles. The van der Waals surface area contributed by atoms with Crippen molar-refractivity contribution in [1.29, 1.82) is 0 Å². The smallest absolute Gasteiger partial charge is 0.244 e. The van der Waals surface area contributed by atoms with E-state index in [9.17, 15) is 4.79 Å². The second-order valence-electron chi connectivity index (χ2n) is 6.68. The monoisotopic (exact) mass is 398 g/mol. The Bertz CT molecular complexity index is 833. The Kier molecular flexibility index (Phi) is 8.55. The molecule has 0 aliphatic rings. The van der Waals surface area contributed by atoms with E-state index in [2.05, 4.69) is 10.2 Å². The number of methoxy groups -OCH3 is 2. The van der Waals surface area contributed by atoms with E-state index < -0.39 is 0 Å². The molecule has 0 fully saturated rings. The predicted octanol–water partition coefficient (Wildman–Crippen LogP) is 3.53. The molecule has 0 radical (unpaired) electrons. The fourth-order valence-electron chi connectivity index (χ4n) is 2.94. The Morgan fingerprint density at radius 1 is 1.10 bits per heavy atom. The molecule has 1 atom stereocenters. The SMILES string of the molecule is CCOc1cc(C=CC(=O)NCC(c2cccc(OC)c2)N(C)C)ccc1OC. The van der Waals surface area contributed by atoms with Crippen LogP contribution in [0.4, 0.5) is 0 Å². The van der Waals surface area contributed by atoms with Crippen molar-refractivity contribution in [2.75, 3.05) is 41.5 Å². The van der Waals surface area contributed by atoms with Crippen molar-refractivity contribution in [3.05, 3.63) is 59.7 Å². The third kappa shape index (κ3) is 6.54. The molecule has 1 amide bonds. The minimum absolute atomic E-state index is 0.0352. The van der Waals surface area contributed by atoms with Crippen molar-refractivity contribution in [3.63, 3.8) is 0 Å². The number of ether oxygens (including phenoxy) is 3. The molecule has 0 aliphatic carbocycles. The minimum atomic E-state index is -0.159. The molecule has 6 nitrogen and oxygen atoms in total. The van der Waals surface area contributed by atoms with Gasteiger partial charge in [0.15, 0.2) is 11.5 Å². The van der Waals surface area contributed by atoms with Crippen LogP contribution in [0.5, 0.6) is 17.2 Å². The summed E-state index contributed by atoms with van der Waals surface area (Å²) < 4.78 is 16.2. The average Bonchev–Trinajstić information content (AvgIpc) is 2.72. The number of carbonyl (C=O) groups excluding carboxylic acids is 1. The lowest BCUT2D eigenvalue weighted by atomic mass is 10.1. The first-order valence-electron chi connectivity index (χ1n) is 9.55. The predicted molar refractivity (Wildman–Crippen MR) is 116 cm³/mol. The maximum absolute atomic E-state index is 12.3. The van der Waals surface area contributed by atoms with Crippen molar-refractivity contribution < 1.29 is 19.0 Å². The van der Waals surface area contributed by atoms with Gasteiger partial charge in [0.2, 0.25) is 5.91 Å². The zero-order chi connectivity index (χ0) is 21.2. The number of likely N-dealkylation sites (N-methyl/N-ethyl adjacent to an activating group) is 1. The first-order chi connectivity index (χ1) is 14.0. The normalized spacial score (nSPS) is 12.1. The molecule has 0 spiro atoms. The van der Waals surface area contributed by atoms with E-state index in [0.717, 1.165) is 16.9 Å². The lowest BCUT2D eigenvalue weighted by Gasteiger charge is -2.25. The third-order valence-electron chi connectivity index (χ3n) is 4.49. The molecule has 0 aromatic heterocycles. The van der Waals surface area contributed by atoms with Gasteiger partial charge >= 0.3 is 0 Å². The van der Waals surface area contributed by atoms with E-state index in [1.807, 2.05) is 63.5 Å². The number of amides is 1. The molecule has 156 valence electrons. The number of carbonyl (C=O) groups is 1. The van der Waals surface area contributed by atoms with Gasteiger partial charge in [0.1, 0.15) is 5.75 Å². The van der Waals surface area contributed by atoms with Crippen LogP contribution in [-0.4, -0.2) is 52.3 Å². The maximum atomic E-state index is 12.3. The molecule has 6 heteroatoms. The van der Waals surface area contributed by atoms with Crippen LogP contribution in [0.15, 0.2) is 48.5 Å². The van der Waals surface area contributed by atoms with Gasteiger partial charge in [0.25, 0.3) is 0 Å². The van der Waals surface area contributed by atoms with Gasteiger partial charge in [0.05, 0.1) is 26.9 Å². The van der Waals surface area contributed by atoms with Crippen LogP contribution >= 0.6 is 0 Å². The van der Waals surface area contributed by atoms with E-state index in [1.165, 1.54) is 6.08 Å². The Hall–Kier alpha value is -2.99. The molecular weight excluding hydrogens is 368 g/mol. The summed E-state index contributed by atoms with van der Waals surface area (Å²) in [5.41, 5.74) is 1.94. The van der Waals surface area contributed by atoms with Crippen LogP contribution in [-0.2, 0) is 4.79 Å². The molecule has 0 heterocycles. The van der Waals surface area contributed by atoms with Gasteiger partial charge in [0, 0.05) is 12.6 Å². The molecule has 0 aliphatic heterocycles. The lowest BCUT2D eigenvalue weighted by Crippen LogP contribution is -2.33. The summed E-state index contributed by atoms with van der Waals surface area (Å²) in [5, 5.41) is 2.97. The van der Waals surface area contributed by atoms with Gasteiger partial charge < -0.3 is 24.4 Å². The van der Waals surface area contributed by atoms with E-state index in [1.54, 1.807) is 20.3 Å². The summed E-state index contributed by atoms with van der Waals surface area (Å²) >= 11 is 0. The maximum Gasteiger partial charge on any atom is 0.244 e. The highest BCUT2D eigenvalue weighted by atomic mass is 16.5. The Morgan fingerprint density at radius 2 is 1.90 bits per heavy atom. The molecule has 29 heavy (non-hydrogen) atoms. The van der Waals surface area contributed by atoms with Gasteiger partial charge in [-0.25, -0.2) is 0 Å². The van der Waals surface area contributed by atoms with Crippen molar-refractivity contribution in [2.24, 2.45) is 0 Å². The zero-order valence-corrected chi connectivity index (χ0v) is 17.8. The minimum Gasteiger partial charge on any atom is -0.497 e. The highest BCUT2D eigenvalue weighted by Gasteiger charge is 2.15. The van der Waals surface area contributed by atoms with Crippen LogP contribution in [0, 0.1) is 0 Å². The second-order valence-corrected chi connectivity index (χ2v) is 6.68. The van der Waals surface area contributed by atoms with Crippen LogP contribution < -0.4 is 19.5 Å². The topological polar surface area (TPSA) is 60.0 Å². The fraction of sp³-hybridized carbons (Fsp3) is 0.348. The van der Waals surface area contributed by atoms with Crippen molar-refractivity contribution in [3.8, 4) is 17.2 Å². The standard InChI is InChI=1S/C23H30N2O4/c1-6-29-22-14-17(10-12-21(22)28-5)11-13-23(26)24-16-20(25(2)3)18-8-7-9-19(15-18)27-4/h7-15,20H,6,16H2,1-5H3,(H,24,26). The number of nitrogens with zero attached hydrogens (tertiary/aromatic N) is 1. The molecule has 2 aromatic rings. The van der Waals surface area contributed by atoms with Crippen LogP contribution in [0.25, 0.3) is 6.08 Å². The molecule has 0 bridgehead atoms. The fourth-order valence-corrected chi connectivity index (χ4v) is 2.94. The zero-order valence-electron chi connectivity index (χ0n) is 17.8. The molecule has 1 unspecified atom stereocenters. The molecular formula is C23H30N2O4. The highest BCUT2D eigenvalue weighted by Crippen LogP contribution is 2.28. The summed E-state index contributed by atoms with van der Waals surface area (Å²) in [7, 11) is 7.22. The summed E-state index contributed by atoms with van der Waals surface area (Å²) in [6.45, 7) is 2.94. The Balaban J connectivity index is 2.02. The lowest BCUT2D eigenvalue weighted by molar-refractivity contribution is -0.116. The van der Waals surface area contributed by atoms with E-state index in [-0.39, 0.29) is 11.9 Å². The molecule has 1 N–H and O–H groups in total. The van der Waals surface area contributed by atoms with Gasteiger partial charge in [-0.2, -0.15) is 0 Å². The number of hydrogen-bond donors (Lipinski definition) is 1. The van der Waals surface area contributed by atoms with Gasteiger partial charge in [-0.1, -0.05) is 18.2 Å². The van der Waals surface area contributed by atoms with Crippen LogP contribution in [0.3, 0.4) is 0 Å². The summed E-state index contributed by atoms with van der Waals surface area (Å²) in [5.74, 6) is 1.96. The van der Waals surface area contributed by atoms with Crippen molar-refractivity contribution >= 4 is 12.0 Å². The molecule has 2 rings (SSSR count). The van der Waals surface area contributed by atoms with Crippen molar-refractivity contribution in [2.45, 2.75) is 13.0 Å². The van der Waals surface area contributed by atoms with E-state index in [0.29, 0.717) is 24.7 Å². The van der Waals surface area contributed by atoms with Crippen LogP contribution in [0.2, 0.25) is 0 Å². The number of benzene rings is 2. The number of nitrogens with one attached hydrogen (secondary N) is 1. The van der Waals surface area contributed by atoms with E-state index >= 15 is 0 Å². The molecule has 0 saturated heterocycles. The third-order valence-corrected chi connectivity index (χ3v) is 4.49. The first-order valence-corrected chi connectivity index (χ1v) is 9.55. The van der Waals surface area contributed by atoms with Crippen LogP contribution in [0.1, 0.15) is 24.1 Å². The quantitative estimate of drug-likeness (QED) is 0.621. The Morgan fingerprint density at radius 3 is 2.55 bits per heavy atom. The van der Waals surface area contributed by atoms with Gasteiger partial charge in [-0.3, -0.25) is 4.79 Å².